The summed E-state index contributed by atoms with van der Waals surface area (Å²) < 4.78 is 5.82. The number of aryl methyl sites for hydroxylation is 1. The second-order valence-electron chi connectivity index (χ2n) is 4.90. The summed E-state index contributed by atoms with van der Waals surface area (Å²) in [5.41, 5.74) is 1.04. The second-order valence-corrected chi connectivity index (χ2v) is 6.22. The number of para-hydroxylation sites is 2. The van der Waals surface area contributed by atoms with Crippen molar-refractivity contribution in [2.75, 3.05) is 11.9 Å². The van der Waals surface area contributed by atoms with Crippen LogP contribution in [0, 0.1) is 12.8 Å². The molecule has 0 spiro atoms. The van der Waals surface area contributed by atoms with E-state index in [1.54, 1.807) is 11.3 Å². The van der Waals surface area contributed by atoms with E-state index >= 15 is 0 Å². The first-order valence-electron chi connectivity index (χ1n) is 6.52. The highest BCUT2D eigenvalue weighted by atomic mass is 32.1. The van der Waals surface area contributed by atoms with Crippen molar-refractivity contribution in [1.82, 2.24) is 4.98 Å². The van der Waals surface area contributed by atoms with E-state index in [4.69, 9.17) is 4.74 Å². The van der Waals surface area contributed by atoms with Gasteiger partial charge in [-0.3, -0.25) is 0 Å². The Morgan fingerprint density at radius 3 is 2.79 bits per heavy atom. The molecule has 0 fully saturated rings. The van der Waals surface area contributed by atoms with Gasteiger partial charge in [-0.05, 0) is 25.0 Å². The van der Waals surface area contributed by atoms with Gasteiger partial charge in [0.05, 0.1) is 23.8 Å². The van der Waals surface area contributed by atoms with E-state index in [1.165, 1.54) is 4.88 Å². The Kier molecular flexibility index (Phi) is 4.80. The normalized spacial score (nSPS) is 10.7. The summed E-state index contributed by atoms with van der Waals surface area (Å²) in [4.78, 5) is 5.49. The van der Waals surface area contributed by atoms with Gasteiger partial charge in [0.25, 0.3) is 0 Å². The minimum Gasteiger partial charge on any atom is -0.491 e. The van der Waals surface area contributed by atoms with Gasteiger partial charge in [0.1, 0.15) is 5.75 Å². The number of thiazole rings is 1. The quantitative estimate of drug-likeness (QED) is 0.862. The molecule has 3 nitrogen and oxygen atoms in total. The molecule has 0 atom stereocenters. The molecule has 0 aliphatic carbocycles. The van der Waals surface area contributed by atoms with Gasteiger partial charge in [-0.1, -0.05) is 26.0 Å². The smallest absolute Gasteiger partial charge is 0.142 e. The van der Waals surface area contributed by atoms with E-state index in [9.17, 15) is 0 Å². The average Bonchev–Trinajstić information content (AvgIpc) is 2.80. The fourth-order valence-corrected chi connectivity index (χ4v) is 2.40. The van der Waals surface area contributed by atoms with Crippen molar-refractivity contribution in [3.05, 3.63) is 40.3 Å². The standard InChI is InChI=1S/C15H20N2OS/c1-11(2)10-18-15-7-5-4-6-14(15)17-9-13-8-16-12(3)19-13/h4-8,11,17H,9-10H2,1-3H3. The molecular formula is C15H20N2OS. The van der Waals surface area contributed by atoms with Crippen LogP contribution in [0.25, 0.3) is 0 Å². The molecule has 0 aliphatic heterocycles. The molecule has 0 bridgehead atoms. The van der Waals surface area contributed by atoms with Gasteiger partial charge in [-0.15, -0.1) is 11.3 Å². The van der Waals surface area contributed by atoms with E-state index in [1.807, 2.05) is 37.4 Å². The fourth-order valence-electron chi connectivity index (χ4n) is 1.66. The molecule has 4 heteroatoms. The lowest BCUT2D eigenvalue weighted by atomic mass is 10.2. The Morgan fingerprint density at radius 1 is 1.32 bits per heavy atom. The number of anilines is 1. The summed E-state index contributed by atoms with van der Waals surface area (Å²) in [5.74, 6) is 1.44. The first kappa shape index (κ1) is 13.9. The molecule has 19 heavy (non-hydrogen) atoms. The van der Waals surface area contributed by atoms with Crippen molar-refractivity contribution >= 4 is 17.0 Å². The second kappa shape index (κ2) is 6.57. The molecule has 0 radical (unpaired) electrons. The molecule has 0 amide bonds. The number of benzene rings is 1. The van der Waals surface area contributed by atoms with Crippen LogP contribution in [0.3, 0.4) is 0 Å². The van der Waals surface area contributed by atoms with Gasteiger partial charge in [0.2, 0.25) is 0 Å². The van der Waals surface area contributed by atoms with Crippen LogP contribution >= 0.6 is 11.3 Å². The zero-order valence-corrected chi connectivity index (χ0v) is 12.5. The van der Waals surface area contributed by atoms with Gasteiger partial charge in [-0.2, -0.15) is 0 Å². The third kappa shape index (κ3) is 4.24. The lowest BCUT2D eigenvalue weighted by molar-refractivity contribution is 0.272. The van der Waals surface area contributed by atoms with Crippen LogP contribution in [0.2, 0.25) is 0 Å². The first-order valence-corrected chi connectivity index (χ1v) is 7.34. The third-order valence-corrected chi connectivity index (χ3v) is 3.49. The Hall–Kier alpha value is -1.55. The van der Waals surface area contributed by atoms with Crippen molar-refractivity contribution in [2.45, 2.75) is 27.3 Å². The SMILES string of the molecule is Cc1ncc(CNc2ccccc2OCC(C)C)s1. The number of hydrogen-bond acceptors (Lipinski definition) is 4. The van der Waals surface area contributed by atoms with Gasteiger partial charge in [0, 0.05) is 11.1 Å². The zero-order chi connectivity index (χ0) is 13.7. The molecule has 1 heterocycles. The van der Waals surface area contributed by atoms with E-state index in [0.717, 1.165) is 29.6 Å². The number of aromatic nitrogens is 1. The lowest BCUT2D eigenvalue weighted by Crippen LogP contribution is -2.07. The highest BCUT2D eigenvalue weighted by Gasteiger charge is 2.05. The molecule has 0 unspecified atom stereocenters. The summed E-state index contributed by atoms with van der Waals surface area (Å²) >= 11 is 1.72. The van der Waals surface area contributed by atoms with Crippen LogP contribution in [0.5, 0.6) is 5.75 Å². The number of nitrogens with one attached hydrogen (secondary N) is 1. The van der Waals surface area contributed by atoms with Crippen LogP contribution in [-0.2, 0) is 6.54 Å². The molecular weight excluding hydrogens is 256 g/mol. The van der Waals surface area contributed by atoms with Crippen LogP contribution in [-0.4, -0.2) is 11.6 Å². The fraction of sp³-hybridized carbons (Fsp3) is 0.400. The molecule has 0 saturated carbocycles. The predicted octanol–water partition coefficient (Wildman–Crippen LogP) is 4.10. The maximum atomic E-state index is 5.82. The zero-order valence-electron chi connectivity index (χ0n) is 11.6. The third-order valence-electron chi connectivity index (χ3n) is 2.58. The molecule has 0 saturated heterocycles. The molecule has 1 aromatic heterocycles. The van der Waals surface area contributed by atoms with Crippen LogP contribution in [0.15, 0.2) is 30.5 Å². The summed E-state index contributed by atoms with van der Waals surface area (Å²) in [6, 6.07) is 8.06. The Morgan fingerprint density at radius 2 is 2.11 bits per heavy atom. The van der Waals surface area contributed by atoms with Gasteiger partial charge in [0.15, 0.2) is 0 Å². The predicted molar refractivity (Wildman–Crippen MR) is 81.0 cm³/mol. The molecule has 0 aliphatic rings. The van der Waals surface area contributed by atoms with Crippen molar-refractivity contribution in [1.29, 1.82) is 0 Å². The summed E-state index contributed by atoms with van der Waals surface area (Å²) in [5, 5.41) is 4.51. The average molecular weight is 276 g/mol. The van der Waals surface area contributed by atoms with Crippen molar-refractivity contribution in [3.8, 4) is 5.75 Å². The first-order chi connectivity index (χ1) is 9.15. The molecule has 2 rings (SSSR count). The van der Waals surface area contributed by atoms with Gasteiger partial charge >= 0.3 is 0 Å². The number of ether oxygens (including phenoxy) is 1. The summed E-state index contributed by atoms with van der Waals surface area (Å²) in [7, 11) is 0. The number of nitrogens with zero attached hydrogens (tertiary/aromatic N) is 1. The van der Waals surface area contributed by atoms with Crippen molar-refractivity contribution in [3.63, 3.8) is 0 Å². The summed E-state index contributed by atoms with van der Waals surface area (Å²) in [6.07, 6.45) is 1.92. The van der Waals surface area contributed by atoms with E-state index < -0.39 is 0 Å². The minimum absolute atomic E-state index is 0.525. The highest BCUT2D eigenvalue weighted by molar-refractivity contribution is 7.11. The van der Waals surface area contributed by atoms with Crippen LogP contribution in [0.1, 0.15) is 23.7 Å². The van der Waals surface area contributed by atoms with Gasteiger partial charge < -0.3 is 10.1 Å². The minimum atomic E-state index is 0.525. The topological polar surface area (TPSA) is 34.2 Å². The van der Waals surface area contributed by atoms with E-state index in [-0.39, 0.29) is 0 Å². The highest BCUT2D eigenvalue weighted by Crippen LogP contribution is 2.25. The van der Waals surface area contributed by atoms with Crippen LogP contribution in [0.4, 0.5) is 5.69 Å². The van der Waals surface area contributed by atoms with Crippen molar-refractivity contribution < 1.29 is 4.74 Å². The maximum absolute atomic E-state index is 5.82. The Balaban J connectivity index is 1.99. The lowest BCUT2D eigenvalue weighted by Gasteiger charge is -2.14. The Bertz CT molecular complexity index is 522. The molecule has 1 N–H and O–H groups in total. The Labute approximate surface area is 118 Å². The molecule has 1 aromatic carbocycles. The van der Waals surface area contributed by atoms with E-state index in [2.05, 4.69) is 24.1 Å². The van der Waals surface area contributed by atoms with Gasteiger partial charge in [-0.25, -0.2) is 4.98 Å². The molecule has 102 valence electrons. The molecule has 2 aromatic rings. The largest absolute Gasteiger partial charge is 0.491 e. The number of rotatable bonds is 6. The van der Waals surface area contributed by atoms with Crippen molar-refractivity contribution in [2.24, 2.45) is 5.92 Å². The summed E-state index contributed by atoms with van der Waals surface area (Å²) in [6.45, 7) is 7.84. The monoisotopic (exact) mass is 276 g/mol. The number of hydrogen-bond donors (Lipinski definition) is 1. The van der Waals surface area contributed by atoms with E-state index in [0.29, 0.717) is 5.92 Å². The maximum Gasteiger partial charge on any atom is 0.142 e. The van der Waals surface area contributed by atoms with Crippen LogP contribution < -0.4 is 10.1 Å².